The molecule has 6 nitrogen and oxygen atoms in total. The van der Waals surface area contributed by atoms with E-state index < -0.39 is 4.92 Å². The minimum absolute atomic E-state index is 0.0364. The van der Waals surface area contributed by atoms with Crippen molar-refractivity contribution in [2.75, 3.05) is 12.4 Å². The molecule has 2 aromatic rings. The summed E-state index contributed by atoms with van der Waals surface area (Å²) in [4.78, 5) is 19.3. The fourth-order valence-electron chi connectivity index (χ4n) is 2.11. The van der Waals surface area contributed by atoms with Gasteiger partial charge in [0, 0.05) is 36.0 Å². The highest BCUT2D eigenvalue weighted by atomic mass is 16.6. The lowest BCUT2D eigenvalue weighted by atomic mass is 10.1. The number of nitrogens with zero attached hydrogens (tertiary/aromatic N) is 3. The number of non-ortho nitro benzene ring substituents is 1. The van der Waals surface area contributed by atoms with Crippen molar-refractivity contribution >= 4 is 11.5 Å². The normalized spacial score (nSPS) is 10.3. The van der Waals surface area contributed by atoms with E-state index in [2.05, 4.69) is 15.3 Å². The monoisotopic (exact) mass is 272 g/mol. The second-order valence-corrected chi connectivity index (χ2v) is 4.37. The summed E-state index contributed by atoms with van der Waals surface area (Å²) in [6.45, 7) is 3.96. The van der Waals surface area contributed by atoms with Crippen LogP contribution in [0.25, 0.3) is 11.4 Å². The topological polar surface area (TPSA) is 81.0 Å². The van der Waals surface area contributed by atoms with E-state index in [9.17, 15) is 10.1 Å². The molecule has 1 heterocycles. The Kier molecular flexibility index (Phi) is 3.93. The lowest BCUT2D eigenvalue weighted by molar-refractivity contribution is -0.384. The molecule has 2 rings (SSSR count). The molecule has 0 radical (unpaired) electrons. The summed E-state index contributed by atoms with van der Waals surface area (Å²) in [7, 11) is 1.80. The van der Waals surface area contributed by atoms with Crippen LogP contribution in [0.2, 0.25) is 0 Å². The molecule has 6 heteroatoms. The van der Waals surface area contributed by atoms with Gasteiger partial charge in [-0.05, 0) is 13.3 Å². The van der Waals surface area contributed by atoms with Crippen molar-refractivity contribution in [2.24, 2.45) is 0 Å². The maximum Gasteiger partial charge on any atom is 0.270 e. The number of nitro benzene ring substituents is 1. The van der Waals surface area contributed by atoms with Gasteiger partial charge in [0.2, 0.25) is 0 Å². The second kappa shape index (κ2) is 5.64. The van der Waals surface area contributed by atoms with Gasteiger partial charge in [-0.2, -0.15) is 0 Å². The summed E-state index contributed by atoms with van der Waals surface area (Å²) in [5.41, 5.74) is 2.62. The summed E-state index contributed by atoms with van der Waals surface area (Å²) in [6, 6.07) is 6.35. The lowest BCUT2D eigenvalue weighted by Gasteiger charge is -2.11. The molecule has 0 fully saturated rings. The Labute approximate surface area is 117 Å². The summed E-state index contributed by atoms with van der Waals surface area (Å²) < 4.78 is 0. The van der Waals surface area contributed by atoms with Crippen LogP contribution in [0.5, 0.6) is 0 Å². The molecule has 0 unspecified atom stereocenters. The Morgan fingerprint density at radius 2 is 2.10 bits per heavy atom. The number of aromatic nitrogens is 2. The van der Waals surface area contributed by atoms with E-state index in [1.807, 2.05) is 13.8 Å². The number of anilines is 1. The zero-order valence-electron chi connectivity index (χ0n) is 11.7. The predicted octanol–water partition coefficient (Wildman–Crippen LogP) is 2.96. The summed E-state index contributed by atoms with van der Waals surface area (Å²) in [5, 5.41) is 13.9. The van der Waals surface area contributed by atoms with Gasteiger partial charge in [-0.1, -0.05) is 19.1 Å². The Morgan fingerprint density at radius 3 is 2.70 bits per heavy atom. The number of nitro groups is 1. The molecule has 20 heavy (non-hydrogen) atoms. The van der Waals surface area contributed by atoms with Crippen molar-refractivity contribution in [3.63, 3.8) is 0 Å². The molecule has 0 saturated heterocycles. The molecule has 0 bridgehead atoms. The van der Waals surface area contributed by atoms with Crippen LogP contribution in [0.3, 0.4) is 0 Å². The minimum atomic E-state index is -0.421. The van der Waals surface area contributed by atoms with Crippen LogP contribution < -0.4 is 5.32 Å². The van der Waals surface area contributed by atoms with Gasteiger partial charge < -0.3 is 5.32 Å². The highest BCUT2D eigenvalue weighted by Crippen LogP contribution is 2.25. The Balaban J connectivity index is 2.55. The third kappa shape index (κ3) is 2.59. The van der Waals surface area contributed by atoms with Crippen molar-refractivity contribution in [3.05, 3.63) is 45.6 Å². The van der Waals surface area contributed by atoms with Crippen molar-refractivity contribution in [1.82, 2.24) is 9.97 Å². The van der Waals surface area contributed by atoms with Crippen molar-refractivity contribution in [1.29, 1.82) is 0 Å². The minimum Gasteiger partial charge on any atom is -0.373 e. The van der Waals surface area contributed by atoms with Gasteiger partial charge >= 0.3 is 0 Å². The Morgan fingerprint density at radius 1 is 1.35 bits per heavy atom. The third-order valence-corrected chi connectivity index (χ3v) is 3.12. The first-order valence-corrected chi connectivity index (χ1v) is 6.37. The van der Waals surface area contributed by atoms with E-state index in [-0.39, 0.29) is 5.69 Å². The number of hydrogen-bond acceptors (Lipinski definition) is 5. The predicted molar refractivity (Wildman–Crippen MR) is 77.8 cm³/mol. The SMILES string of the molecule is CCc1c(C)nc(-c2cccc([N+](=O)[O-])c2)nc1NC. The van der Waals surface area contributed by atoms with E-state index in [4.69, 9.17) is 0 Å². The molecule has 0 aliphatic rings. The largest absolute Gasteiger partial charge is 0.373 e. The zero-order chi connectivity index (χ0) is 14.7. The molecule has 1 N–H and O–H groups in total. The first-order chi connectivity index (χ1) is 9.56. The van der Waals surface area contributed by atoms with Crippen molar-refractivity contribution in [2.45, 2.75) is 20.3 Å². The smallest absolute Gasteiger partial charge is 0.270 e. The number of nitrogens with one attached hydrogen (secondary N) is 1. The first kappa shape index (κ1) is 13.9. The maximum atomic E-state index is 10.8. The quantitative estimate of drug-likeness (QED) is 0.683. The molecule has 0 saturated carbocycles. The van der Waals surface area contributed by atoms with Gasteiger partial charge in [0.15, 0.2) is 5.82 Å². The fraction of sp³-hybridized carbons (Fsp3) is 0.286. The molecule has 1 aromatic carbocycles. The standard InChI is InChI=1S/C14H16N4O2/c1-4-12-9(2)16-13(17-14(12)15-3)10-6-5-7-11(8-10)18(19)20/h5-8H,4H2,1-3H3,(H,15,16,17). The first-order valence-electron chi connectivity index (χ1n) is 6.37. The Bertz CT molecular complexity index is 656. The van der Waals surface area contributed by atoms with Crippen LogP contribution in [0.4, 0.5) is 11.5 Å². The number of benzene rings is 1. The lowest BCUT2D eigenvalue weighted by Crippen LogP contribution is -2.05. The van der Waals surface area contributed by atoms with E-state index >= 15 is 0 Å². The van der Waals surface area contributed by atoms with Gasteiger partial charge in [-0.3, -0.25) is 10.1 Å². The average molecular weight is 272 g/mol. The number of aryl methyl sites for hydroxylation is 1. The van der Waals surface area contributed by atoms with Crippen LogP contribution >= 0.6 is 0 Å². The molecule has 0 aliphatic heterocycles. The zero-order valence-corrected chi connectivity index (χ0v) is 11.7. The molecule has 0 spiro atoms. The third-order valence-electron chi connectivity index (χ3n) is 3.12. The highest BCUT2D eigenvalue weighted by Gasteiger charge is 2.13. The van der Waals surface area contributed by atoms with Crippen LogP contribution in [0, 0.1) is 17.0 Å². The number of rotatable bonds is 4. The Hall–Kier alpha value is -2.50. The fourth-order valence-corrected chi connectivity index (χ4v) is 2.11. The molecule has 1 aromatic heterocycles. The summed E-state index contributed by atoms with van der Waals surface area (Å²) >= 11 is 0. The second-order valence-electron chi connectivity index (χ2n) is 4.37. The van der Waals surface area contributed by atoms with Gasteiger partial charge in [-0.25, -0.2) is 9.97 Å². The van der Waals surface area contributed by atoms with Gasteiger partial charge in [-0.15, -0.1) is 0 Å². The van der Waals surface area contributed by atoms with E-state index in [1.165, 1.54) is 12.1 Å². The van der Waals surface area contributed by atoms with Crippen LogP contribution in [-0.4, -0.2) is 21.9 Å². The molecule has 0 atom stereocenters. The van der Waals surface area contributed by atoms with Crippen LogP contribution in [0.15, 0.2) is 24.3 Å². The van der Waals surface area contributed by atoms with Crippen LogP contribution in [-0.2, 0) is 6.42 Å². The average Bonchev–Trinajstić information content (AvgIpc) is 2.46. The summed E-state index contributed by atoms with van der Waals surface area (Å²) in [5.74, 6) is 1.26. The van der Waals surface area contributed by atoms with Gasteiger partial charge in [0.05, 0.1) is 4.92 Å². The summed E-state index contributed by atoms with van der Waals surface area (Å²) in [6.07, 6.45) is 0.831. The molecular weight excluding hydrogens is 256 g/mol. The molecule has 0 amide bonds. The van der Waals surface area contributed by atoms with E-state index in [1.54, 1.807) is 19.2 Å². The molecular formula is C14H16N4O2. The van der Waals surface area contributed by atoms with Gasteiger partial charge in [0.25, 0.3) is 5.69 Å². The van der Waals surface area contributed by atoms with E-state index in [0.29, 0.717) is 11.4 Å². The van der Waals surface area contributed by atoms with Crippen molar-refractivity contribution < 1.29 is 4.92 Å². The van der Waals surface area contributed by atoms with E-state index in [0.717, 1.165) is 23.5 Å². The van der Waals surface area contributed by atoms with Crippen LogP contribution in [0.1, 0.15) is 18.2 Å². The maximum absolute atomic E-state index is 10.8. The van der Waals surface area contributed by atoms with Crippen molar-refractivity contribution in [3.8, 4) is 11.4 Å². The highest BCUT2D eigenvalue weighted by molar-refractivity contribution is 5.62. The number of hydrogen-bond donors (Lipinski definition) is 1. The molecule has 0 aliphatic carbocycles. The molecule has 104 valence electrons. The van der Waals surface area contributed by atoms with Gasteiger partial charge in [0.1, 0.15) is 5.82 Å².